The lowest BCUT2D eigenvalue weighted by atomic mass is 10.1. The first-order chi connectivity index (χ1) is 11.1. The molecule has 2 atom stereocenters. The third-order valence-electron chi connectivity index (χ3n) is 4.65. The van der Waals surface area contributed by atoms with Crippen molar-refractivity contribution in [3.8, 4) is 0 Å². The highest BCUT2D eigenvalue weighted by atomic mass is 16.2. The Morgan fingerprint density at radius 1 is 1.35 bits per heavy atom. The van der Waals surface area contributed by atoms with Gasteiger partial charge in [0.15, 0.2) is 0 Å². The highest BCUT2D eigenvalue weighted by Crippen LogP contribution is 2.23. The van der Waals surface area contributed by atoms with Crippen molar-refractivity contribution >= 4 is 11.7 Å². The van der Waals surface area contributed by atoms with E-state index in [0.717, 1.165) is 25.3 Å². The molecule has 23 heavy (non-hydrogen) atoms. The van der Waals surface area contributed by atoms with E-state index in [9.17, 15) is 4.79 Å². The van der Waals surface area contributed by atoms with Gasteiger partial charge >= 0.3 is 0 Å². The summed E-state index contributed by atoms with van der Waals surface area (Å²) in [6.07, 6.45) is 6.45. The first-order valence-corrected chi connectivity index (χ1v) is 8.17. The Bertz CT molecular complexity index is 643. The Kier molecular flexibility index (Phi) is 4.47. The number of nitrogens with one attached hydrogen (secondary N) is 1. The molecule has 1 saturated heterocycles. The number of hydrogen-bond acceptors (Lipinski definition) is 4. The molecule has 1 amide bonds. The molecule has 0 spiro atoms. The van der Waals surface area contributed by atoms with Gasteiger partial charge in [-0.3, -0.25) is 14.4 Å². The average Bonchev–Trinajstić information content (AvgIpc) is 3.16. The number of carbonyl (C=O) groups is 1. The number of amides is 1. The van der Waals surface area contributed by atoms with E-state index in [2.05, 4.69) is 34.3 Å². The minimum atomic E-state index is -0.165. The van der Waals surface area contributed by atoms with Crippen molar-refractivity contribution < 1.29 is 4.79 Å². The molecule has 2 unspecified atom stereocenters. The molecular formula is C16H24N6O. The fraction of sp³-hybridized carbons (Fsp3) is 0.562. The molecule has 0 radical (unpaired) electrons. The SMILES string of the molecule is CCC(C)n1nccc1NC(=O)C(C)N1CC(n2cccn2)C1. The van der Waals surface area contributed by atoms with E-state index < -0.39 is 0 Å². The van der Waals surface area contributed by atoms with E-state index >= 15 is 0 Å². The smallest absolute Gasteiger partial charge is 0.242 e. The third-order valence-corrected chi connectivity index (χ3v) is 4.65. The van der Waals surface area contributed by atoms with Crippen molar-refractivity contribution in [1.29, 1.82) is 0 Å². The summed E-state index contributed by atoms with van der Waals surface area (Å²) in [4.78, 5) is 14.6. The van der Waals surface area contributed by atoms with Crippen LogP contribution in [0.1, 0.15) is 39.3 Å². The van der Waals surface area contributed by atoms with Crippen LogP contribution in [-0.2, 0) is 4.79 Å². The predicted molar refractivity (Wildman–Crippen MR) is 88.2 cm³/mol. The summed E-state index contributed by atoms with van der Waals surface area (Å²) in [6.45, 7) is 7.84. The summed E-state index contributed by atoms with van der Waals surface area (Å²) in [5.41, 5.74) is 0. The van der Waals surface area contributed by atoms with Crippen LogP contribution in [0.3, 0.4) is 0 Å². The normalized spacial score (nSPS) is 18.4. The zero-order chi connectivity index (χ0) is 16.4. The zero-order valence-corrected chi connectivity index (χ0v) is 13.9. The van der Waals surface area contributed by atoms with Crippen LogP contribution in [-0.4, -0.2) is 49.5 Å². The maximum atomic E-state index is 12.5. The maximum absolute atomic E-state index is 12.5. The van der Waals surface area contributed by atoms with E-state index in [4.69, 9.17) is 0 Å². The van der Waals surface area contributed by atoms with Crippen LogP contribution >= 0.6 is 0 Å². The second-order valence-corrected chi connectivity index (χ2v) is 6.18. The molecule has 7 nitrogen and oxygen atoms in total. The van der Waals surface area contributed by atoms with Crippen molar-refractivity contribution in [2.45, 2.75) is 45.3 Å². The predicted octanol–water partition coefficient (Wildman–Crippen LogP) is 1.93. The van der Waals surface area contributed by atoms with Crippen molar-refractivity contribution in [2.75, 3.05) is 18.4 Å². The standard InChI is InChI=1S/C16H24N6O/c1-4-12(2)22-15(6-8-18-22)19-16(23)13(3)20-10-14(11-20)21-9-5-7-17-21/h5-9,12-14H,4,10-11H2,1-3H3,(H,19,23). The van der Waals surface area contributed by atoms with Gasteiger partial charge in [0.1, 0.15) is 5.82 Å². The van der Waals surface area contributed by atoms with Crippen LogP contribution < -0.4 is 5.32 Å². The Hall–Kier alpha value is -2.15. The van der Waals surface area contributed by atoms with Gasteiger partial charge in [-0.15, -0.1) is 0 Å². The first-order valence-electron chi connectivity index (χ1n) is 8.17. The molecule has 7 heteroatoms. The van der Waals surface area contributed by atoms with E-state index in [1.54, 1.807) is 12.4 Å². The number of likely N-dealkylation sites (tertiary alicyclic amines) is 1. The molecule has 0 aromatic carbocycles. The Morgan fingerprint density at radius 2 is 2.13 bits per heavy atom. The van der Waals surface area contributed by atoms with E-state index in [1.165, 1.54) is 0 Å². The average molecular weight is 316 g/mol. The summed E-state index contributed by atoms with van der Waals surface area (Å²) in [5.74, 6) is 0.773. The van der Waals surface area contributed by atoms with Crippen molar-refractivity contribution in [2.24, 2.45) is 0 Å². The lowest BCUT2D eigenvalue weighted by Gasteiger charge is -2.42. The minimum absolute atomic E-state index is 0.00830. The van der Waals surface area contributed by atoms with Gasteiger partial charge in [0.05, 0.1) is 24.3 Å². The van der Waals surface area contributed by atoms with Gasteiger partial charge in [-0.1, -0.05) is 6.92 Å². The molecule has 3 heterocycles. The molecule has 1 aliphatic rings. The topological polar surface area (TPSA) is 68.0 Å². The quantitative estimate of drug-likeness (QED) is 0.884. The highest BCUT2D eigenvalue weighted by molar-refractivity contribution is 5.93. The molecule has 2 aromatic rings. The van der Waals surface area contributed by atoms with Gasteiger partial charge < -0.3 is 5.32 Å². The number of nitrogens with zero attached hydrogens (tertiary/aromatic N) is 5. The van der Waals surface area contributed by atoms with Gasteiger partial charge in [0.2, 0.25) is 5.91 Å². The molecule has 2 aromatic heterocycles. The zero-order valence-electron chi connectivity index (χ0n) is 13.9. The van der Waals surface area contributed by atoms with Gasteiger partial charge in [-0.05, 0) is 26.3 Å². The van der Waals surface area contributed by atoms with E-state index in [-0.39, 0.29) is 18.0 Å². The Labute approximate surface area is 136 Å². The Morgan fingerprint density at radius 3 is 2.78 bits per heavy atom. The monoisotopic (exact) mass is 316 g/mol. The van der Waals surface area contributed by atoms with Crippen molar-refractivity contribution in [3.63, 3.8) is 0 Å². The fourth-order valence-corrected chi connectivity index (χ4v) is 2.80. The summed E-state index contributed by atoms with van der Waals surface area (Å²) in [6, 6.07) is 4.24. The minimum Gasteiger partial charge on any atom is -0.310 e. The number of rotatable bonds is 6. The molecule has 124 valence electrons. The van der Waals surface area contributed by atoms with Gasteiger partial charge in [0, 0.05) is 31.5 Å². The molecular weight excluding hydrogens is 292 g/mol. The van der Waals surface area contributed by atoms with E-state index in [1.807, 2.05) is 34.6 Å². The van der Waals surface area contributed by atoms with Crippen LogP contribution in [0.2, 0.25) is 0 Å². The van der Waals surface area contributed by atoms with Crippen LogP contribution in [0.4, 0.5) is 5.82 Å². The van der Waals surface area contributed by atoms with Crippen molar-refractivity contribution in [1.82, 2.24) is 24.5 Å². The second-order valence-electron chi connectivity index (χ2n) is 6.18. The second kappa shape index (κ2) is 6.54. The lowest BCUT2D eigenvalue weighted by molar-refractivity contribution is -0.123. The van der Waals surface area contributed by atoms with Crippen molar-refractivity contribution in [3.05, 3.63) is 30.7 Å². The summed E-state index contributed by atoms with van der Waals surface area (Å²) < 4.78 is 3.83. The summed E-state index contributed by atoms with van der Waals surface area (Å²) >= 11 is 0. The maximum Gasteiger partial charge on any atom is 0.242 e. The number of anilines is 1. The molecule has 3 rings (SSSR count). The highest BCUT2D eigenvalue weighted by Gasteiger charge is 2.35. The molecule has 1 aliphatic heterocycles. The third kappa shape index (κ3) is 3.14. The lowest BCUT2D eigenvalue weighted by Crippen LogP contribution is -2.55. The number of carbonyl (C=O) groups excluding carboxylic acids is 1. The summed E-state index contributed by atoms with van der Waals surface area (Å²) in [7, 11) is 0. The first kappa shape index (κ1) is 15.7. The fourth-order valence-electron chi connectivity index (χ4n) is 2.80. The summed E-state index contributed by atoms with van der Waals surface area (Å²) in [5, 5.41) is 11.6. The van der Waals surface area contributed by atoms with Crippen LogP contribution in [0.25, 0.3) is 0 Å². The van der Waals surface area contributed by atoms with Crippen LogP contribution in [0.5, 0.6) is 0 Å². The molecule has 0 aliphatic carbocycles. The van der Waals surface area contributed by atoms with Gasteiger partial charge in [-0.25, -0.2) is 4.68 Å². The number of hydrogen-bond donors (Lipinski definition) is 1. The molecule has 0 bridgehead atoms. The molecule has 0 saturated carbocycles. The number of aromatic nitrogens is 4. The van der Waals surface area contributed by atoms with Crippen LogP contribution in [0.15, 0.2) is 30.7 Å². The largest absolute Gasteiger partial charge is 0.310 e. The van der Waals surface area contributed by atoms with Gasteiger partial charge in [0.25, 0.3) is 0 Å². The molecule has 1 fully saturated rings. The Balaban J connectivity index is 1.56. The molecule has 1 N–H and O–H groups in total. The van der Waals surface area contributed by atoms with E-state index in [0.29, 0.717) is 6.04 Å². The van der Waals surface area contributed by atoms with Gasteiger partial charge in [-0.2, -0.15) is 10.2 Å². The van der Waals surface area contributed by atoms with Crippen LogP contribution in [0, 0.1) is 0 Å².